The van der Waals surface area contributed by atoms with Crippen molar-refractivity contribution in [3.05, 3.63) is 21.9 Å². The predicted octanol–water partition coefficient (Wildman–Crippen LogP) is 4.01. The SMILES string of the molecule is CCCNCCC(C)CCc1sccc1C. The van der Waals surface area contributed by atoms with Gasteiger partial charge in [-0.2, -0.15) is 0 Å². The molecule has 0 saturated carbocycles. The number of hydrogen-bond acceptors (Lipinski definition) is 2. The lowest BCUT2D eigenvalue weighted by Crippen LogP contribution is -2.18. The molecule has 1 atom stereocenters. The Balaban J connectivity index is 2.10. The minimum Gasteiger partial charge on any atom is -0.317 e. The van der Waals surface area contributed by atoms with E-state index in [9.17, 15) is 0 Å². The van der Waals surface area contributed by atoms with Crippen LogP contribution in [0.15, 0.2) is 11.4 Å². The molecule has 1 unspecified atom stereocenters. The third kappa shape index (κ3) is 5.13. The Morgan fingerprint density at radius 2 is 2.12 bits per heavy atom. The van der Waals surface area contributed by atoms with Crippen molar-refractivity contribution < 1.29 is 0 Å². The molecule has 0 spiro atoms. The number of nitrogens with one attached hydrogen (secondary N) is 1. The van der Waals surface area contributed by atoms with Crippen LogP contribution in [0.1, 0.15) is 43.6 Å². The van der Waals surface area contributed by atoms with E-state index in [0.29, 0.717) is 0 Å². The van der Waals surface area contributed by atoms with Gasteiger partial charge in [-0.05, 0) is 68.6 Å². The van der Waals surface area contributed by atoms with Crippen LogP contribution in [0.4, 0.5) is 0 Å². The van der Waals surface area contributed by atoms with Gasteiger partial charge in [0.25, 0.3) is 0 Å². The zero-order valence-corrected chi connectivity index (χ0v) is 11.7. The van der Waals surface area contributed by atoms with Gasteiger partial charge in [-0.15, -0.1) is 11.3 Å². The molecule has 1 aromatic heterocycles. The Morgan fingerprint density at radius 1 is 1.31 bits per heavy atom. The van der Waals surface area contributed by atoms with Crippen molar-refractivity contribution in [2.45, 2.75) is 46.5 Å². The van der Waals surface area contributed by atoms with E-state index in [4.69, 9.17) is 0 Å². The number of thiophene rings is 1. The van der Waals surface area contributed by atoms with E-state index >= 15 is 0 Å². The Hall–Kier alpha value is -0.340. The van der Waals surface area contributed by atoms with E-state index in [1.54, 1.807) is 4.88 Å². The smallest absolute Gasteiger partial charge is 0.00745 e. The average molecular weight is 239 g/mol. The van der Waals surface area contributed by atoms with Gasteiger partial charge in [-0.1, -0.05) is 13.8 Å². The van der Waals surface area contributed by atoms with Crippen molar-refractivity contribution in [2.75, 3.05) is 13.1 Å². The Bertz CT molecular complexity index is 280. The monoisotopic (exact) mass is 239 g/mol. The molecule has 16 heavy (non-hydrogen) atoms. The van der Waals surface area contributed by atoms with E-state index in [2.05, 4.69) is 37.5 Å². The van der Waals surface area contributed by atoms with E-state index < -0.39 is 0 Å². The van der Waals surface area contributed by atoms with Crippen LogP contribution in [-0.4, -0.2) is 13.1 Å². The Kier molecular flexibility index (Phi) is 6.74. The lowest BCUT2D eigenvalue weighted by Gasteiger charge is -2.11. The second kappa shape index (κ2) is 7.86. The summed E-state index contributed by atoms with van der Waals surface area (Å²) >= 11 is 1.91. The molecule has 0 saturated heterocycles. The standard InChI is InChI=1S/C14H25NS/c1-4-9-15-10-7-12(2)5-6-14-13(3)8-11-16-14/h8,11-12,15H,4-7,9-10H2,1-3H3. The molecule has 0 aliphatic heterocycles. The van der Waals surface area contributed by atoms with Gasteiger partial charge in [0.15, 0.2) is 0 Å². The van der Waals surface area contributed by atoms with Gasteiger partial charge in [-0.25, -0.2) is 0 Å². The second-order valence-electron chi connectivity index (χ2n) is 4.71. The number of rotatable bonds is 8. The van der Waals surface area contributed by atoms with Gasteiger partial charge in [0.05, 0.1) is 0 Å². The van der Waals surface area contributed by atoms with Crippen LogP contribution in [0.5, 0.6) is 0 Å². The molecule has 0 aliphatic carbocycles. The van der Waals surface area contributed by atoms with Crippen molar-refractivity contribution in [2.24, 2.45) is 5.92 Å². The predicted molar refractivity (Wildman–Crippen MR) is 74.3 cm³/mol. The number of hydrogen-bond donors (Lipinski definition) is 1. The van der Waals surface area contributed by atoms with Crippen LogP contribution >= 0.6 is 11.3 Å². The third-order valence-corrected chi connectivity index (χ3v) is 4.16. The summed E-state index contributed by atoms with van der Waals surface area (Å²) in [6.07, 6.45) is 5.14. The summed E-state index contributed by atoms with van der Waals surface area (Å²) in [5.74, 6) is 0.839. The summed E-state index contributed by atoms with van der Waals surface area (Å²) in [4.78, 5) is 1.58. The van der Waals surface area contributed by atoms with Gasteiger partial charge in [0.1, 0.15) is 0 Å². The van der Waals surface area contributed by atoms with Crippen molar-refractivity contribution >= 4 is 11.3 Å². The van der Waals surface area contributed by atoms with Crippen molar-refractivity contribution in [1.82, 2.24) is 5.32 Å². The summed E-state index contributed by atoms with van der Waals surface area (Å²) in [5.41, 5.74) is 1.47. The van der Waals surface area contributed by atoms with Crippen molar-refractivity contribution in [1.29, 1.82) is 0 Å². The zero-order valence-electron chi connectivity index (χ0n) is 10.9. The summed E-state index contributed by atoms with van der Waals surface area (Å²) in [6.45, 7) is 9.15. The zero-order chi connectivity index (χ0) is 11.8. The summed E-state index contributed by atoms with van der Waals surface area (Å²) in [5, 5.41) is 5.68. The summed E-state index contributed by atoms with van der Waals surface area (Å²) in [7, 11) is 0. The largest absolute Gasteiger partial charge is 0.317 e. The molecular formula is C14H25NS. The van der Waals surface area contributed by atoms with E-state index in [0.717, 1.165) is 12.5 Å². The molecule has 0 bridgehead atoms. The minimum atomic E-state index is 0.839. The first kappa shape index (κ1) is 13.7. The Labute approximate surface area is 104 Å². The molecule has 0 amide bonds. The molecule has 0 fully saturated rings. The van der Waals surface area contributed by atoms with Crippen LogP contribution in [0.2, 0.25) is 0 Å². The summed E-state index contributed by atoms with van der Waals surface area (Å²) in [6, 6.07) is 2.23. The highest BCUT2D eigenvalue weighted by Crippen LogP contribution is 2.20. The van der Waals surface area contributed by atoms with E-state index in [1.807, 2.05) is 11.3 Å². The van der Waals surface area contributed by atoms with Gasteiger partial charge < -0.3 is 5.32 Å². The maximum absolute atomic E-state index is 3.47. The van der Waals surface area contributed by atoms with Crippen LogP contribution < -0.4 is 5.32 Å². The second-order valence-corrected chi connectivity index (χ2v) is 5.71. The van der Waals surface area contributed by atoms with Gasteiger partial charge in [0, 0.05) is 4.88 Å². The fourth-order valence-electron chi connectivity index (χ4n) is 1.83. The maximum atomic E-state index is 3.47. The third-order valence-electron chi connectivity index (χ3n) is 3.07. The fourth-order valence-corrected chi connectivity index (χ4v) is 2.76. The molecule has 0 radical (unpaired) electrons. The quantitative estimate of drug-likeness (QED) is 0.676. The highest BCUT2D eigenvalue weighted by atomic mass is 32.1. The molecule has 2 heteroatoms. The lowest BCUT2D eigenvalue weighted by atomic mass is 10.0. The highest BCUT2D eigenvalue weighted by molar-refractivity contribution is 7.10. The topological polar surface area (TPSA) is 12.0 Å². The molecule has 1 heterocycles. The highest BCUT2D eigenvalue weighted by Gasteiger charge is 2.05. The minimum absolute atomic E-state index is 0.839. The maximum Gasteiger partial charge on any atom is 0.00745 e. The normalized spacial score (nSPS) is 12.9. The Morgan fingerprint density at radius 3 is 2.75 bits per heavy atom. The number of aryl methyl sites for hydroxylation is 2. The molecule has 1 N–H and O–H groups in total. The van der Waals surface area contributed by atoms with Crippen LogP contribution in [-0.2, 0) is 6.42 Å². The summed E-state index contributed by atoms with van der Waals surface area (Å²) < 4.78 is 0. The molecule has 0 aromatic carbocycles. The van der Waals surface area contributed by atoms with Gasteiger partial charge in [0.2, 0.25) is 0 Å². The first-order valence-electron chi connectivity index (χ1n) is 6.47. The van der Waals surface area contributed by atoms with Crippen LogP contribution in [0.3, 0.4) is 0 Å². The molecule has 92 valence electrons. The molecule has 1 rings (SSSR count). The van der Waals surface area contributed by atoms with Crippen LogP contribution in [0, 0.1) is 12.8 Å². The van der Waals surface area contributed by atoms with Gasteiger partial charge >= 0.3 is 0 Å². The van der Waals surface area contributed by atoms with E-state index in [-0.39, 0.29) is 0 Å². The molecule has 1 aromatic rings. The van der Waals surface area contributed by atoms with Gasteiger partial charge in [-0.3, -0.25) is 0 Å². The molecule has 1 nitrogen and oxygen atoms in total. The van der Waals surface area contributed by atoms with Crippen molar-refractivity contribution in [3.63, 3.8) is 0 Å². The average Bonchev–Trinajstić information content (AvgIpc) is 2.67. The van der Waals surface area contributed by atoms with Crippen LogP contribution in [0.25, 0.3) is 0 Å². The lowest BCUT2D eigenvalue weighted by molar-refractivity contribution is 0.471. The van der Waals surface area contributed by atoms with Crippen molar-refractivity contribution in [3.8, 4) is 0 Å². The van der Waals surface area contributed by atoms with E-state index in [1.165, 1.54) is 37.8 Å². The first-order valence-corrected chi connectivity index (χ1v) is 7.35. The molecular weight excluding hydrogens is 214 g/mol. The first-order chi connectivity index (χ1) is 7.74. The fraction of sp³-hybridized carbons (Fsp3) is 0.714. The molecule has 0 aliphatic rings.